The van der Waals surface area contributed by atoms with Gasteiger partial charge in [-0.1, -0.05) is 30.1 Å². The molecule has 0 radical (unpaired) electrons. The van der Waals surface area contributed by atoms with Crippen molar-refractivity contribution in [3.05, 3.63) is 33.8 Å². The molecule has 2 bridgehead atoms. The van der Waals surface area contributed by atoms with E-state index in [1.54, 1.807) is 18.2 Å². The number of piperidine rings is 1. The van der Waals surface area contributed by atoms with Crippen molar-refractivity contribution in [1.82, 2.24) is 5.32 Å². The van der Waals surface area contributed by atoms with Crippen molar-refractivity contribution in [1.29, 1.82) is 0 Å². The molecule has 0 amide bonds. The van der Waals surface area contributed by atoms with Gasteiger partial charge in [0.2, 0.25) is 0 Å². The molecule has 2 nitrogen and oxygen atoms in total. The quantitative estimate of drug-likeness (QED) is 0.833. The van der Waals surface area contributed by atoms with Crippen molar-refractivity contribution in [2.75, 3.05) is 0 Å². The minimum absolute atomic E-state index is 0.184. The monoisotopic (exact) mass is 297 g/mol. The maximum atomic E-state index is 12.8. The lowest BCUT2D eigenvalue weighted by molar-refractivity contribution is 0.0694. The second kappa shape index (κ2) is 4.76. The average Bonchev–Trinajstić information content (AvgIpc) is 2.82. The van der Waals surface area contributed by atoms with E-state index in [1.165, 1.54) is 6.42 Å². The Kier molecular flexibility index (Phi) is 3.36. The number of benzene rings is 1. The van der Waals surface area contributed by atoms with Gasteiger partial charge in [-0.3, -0.25) is 4.79 Å². The highest BCUT2D eigenvalue weighted by atomic mass is 35.5. The molecule has 0 saturated carbocycles. The average molecular weight is 298 g/mol. The molecule has 0 spiro atoms. The van der Waals surface area contributed by atoms with Gasteiger partial charge in [0.25, 0.3) is 0 Å². The van der Waals surface area contributed by atoms with E-state index < -0.39 is 0 Å². The van der Waals surface area contributed by atoms with Crippen LogP contribution in [0.5, 0.6) is 0 Å². The molecular weight excluding hydrogens is 281 g/mol. The minimum atomic E-state index is -0.315. The zero-order valence-electron chi connectivity index (χ0n) is 10.9. The van der Waals surface area contributed by atoms with E-state index in [1.807, 2.05) is 0 Å². The van der Waals surface area contributed by atoms with Gasteiger partial charge in [0.1, 0.15) is 0 Å². The summed E-state index contributed by atoms with van der Waals surface area (Å²) in [6.45, 7) is 2.08. The van der Waals surface area contributed by atoms with Crippen molar-refractivity contribution in [2.24, 2.45) is 5.41 Å². The van der Waals surface area contributed by atoms with Crippen LogP contribution in [-0.2, 0) is 0 Å². The van der Waals surface area contributed by atoms with Crippen LogP contribution in [0.3, 0.4) is 0 Å². The third-order valence-corrected chi connectivity index (χ3v) is 5.46. The zero-order chi connectivity index (χ0) is 13.6. The van der Waals surface area contributed by atoms with Crippen LogP contribution in [0.25, 0.3) is 0 Å². The molecule has 0 aliphatic carbocycles. The molecule has 1 aromatic carbocycles. The maximum Gasteiger partial charge on any atom is 0.170 e. The van der Waals surface area contributed by atoms with Crippen LogP contribution in [-0.4, -0.2) is 17.9 Å². The van der Waals surface area contributed by atoms with Gasteiger partial charge in [-0.2, -0.15) is 0 Å². The number of carbonyl (C=O) groups excluding carboxylic acids is 1. The molecule has 1 N–H and O–H groups in total. The molecule has 4 heteroatoms. The van der Waals surface area contributed by atoms with Crippen LogP contribution in [0, 0.1) is 5.41 Å². The summed E-state index contributed by atoms with van der Waals surface area (Å²) < 4.78 is 0. The van der Waals surface area contributed by atoms with E-state index >= 15 is 0 Å². The first-order valence-corrected chi connectivity index (χ1v) is 7.52. The van der Waals surface area contributed by atoms with E-state index in [4.69, 9.17) is 23.2 Å². The summed E-state index contributed by atoms with van der Waals surface area (Å²) in [4.78, 5) is 12.8. The first kappa shape index (κ1) is 13.4. The Morgan fingerprint density at radius 1 is 1.26 bits per heavy atom. The molecule has 3 atom stereocenters. The number of nitrogens with one attached hydrogen (secondary N) is 1. The number of fused-ring (bicyclic) bond motifs is 2. The Labute approximate surface area is 123 Å². The van der Waals surface area contributed by atoms with Gasteiger partial charge in [-0.05, 0) is 43.9 Å². The van der Waals surface area contributed by atoms with Crippen molar-refractivity contribution in [3.8, 4) is 0 Å². The predicted molar refractivity (Wildman–Crippen MR) is 78.1 cm³/mol. The van der Waals surface area contributed by atoms with Crippen molar-refractivity contribution < 1.29 is 4.79 Å². The van der Waals surface area contributed by atoms with E-state index in [-0.39, 0.29) is 11.2 Å². The lowest BCUT2D eigenvalue weighted by atomic mass is 9.71. The smallest absolute Gasteiger partial charge is 0.170 e. The number of ketones is 1. The zero-order valence-corrected chi connectivity index (χ0v) is 12.4. The van der Waals surface area contributed by atoms with Crippen LogP contribution < -0.4 is 5.32 Å². The first-order chi connectivity index (χ1) is 9.00. The van der Waals surface area contributed by atoms with Crippen molar-refractivity contribution >= 4 is 29.0 Å². The van der Waals surface area contributed by atoms with Crippen LogP contribution in [0.4, 0.5) is 0 Å². The third kappa shape index (κ3) is 2.20. The minimum Gasteiger partial charge on any atom is -0.310 e. The summed E-state index contributed by atoms with van der Waals surface area (Å²) in [5.41, 5.74) is 0.355. The van der Waals surface area contributed by atoms with Crippen LogP contribution in [0.15, 0.2) is 18.2 Å². The molecule has 0 unspecified atom stereocenters. The highest BCUT2D eigenvalue weighted by molar-refractivity contribution is 6.42. The molecule has 0 aromatic heterocycles. The summed E-state index contributed by atoms with van der Waals surface area (Å²) in [5, 5.41) is 4.52. The van der Waals surface area contributed by atoms with Crippen molar-refractivity contribution in [3.63, 3.8) is 0 Å². The van der Waals surface area contributed by atoms with Gasteiger partial charge in [0.05, 0.1) is 10.0 Å². The normalized spacial score (nSPS) is 33.4. The topological polar surface area (TPSA) is 29.1 Å². The lowest BCUT2D eigenvalue weighted by Crippen LogP contribution is -2.51. The Balaban J connectivity index is 1.92. The number of Topliss-reactive ketones (excluding diaryl/α,β-unsaturated/α-hetero) is 1. The Bertz CT molecular complexity index is 531. The van der Waals surface area contributed by atoms with Gasteiger partial charge >= 0.3 is 0 Å². The first-order valence-electron chi connectivity index (χ1n) is 6.76. The van der Waals surface area contributed by atoms with Crippen LogP contribution in [0.2, 0.25) is 10.0 Å². The third-order valence-electron chi connectivity index (χ3n) is 4.72. The van der Waals surface area contributed by atoms with Gasteiger partial charge < -0.3 is 5.32 Å². The molecule has 2 aliphatic heterocycles. The summed E-state index contributed by atoms with van der Waals surface area (Å²) in [6.07, 6.45) is 4.32. The summed E-state index contributed by atoms with van der Waals surface area (Å²) in [6, 6.07) is 6.09. The summed E-state index contributed by atoms with van der Waals surface area (Å²) in [7, 11) is 0. The van der Waals surface area contributed by atoms with Crippen LogP contribution >= 0.6 is 23.2 Å². The molecule has 19 heavy (non-hydrogen) atoms. The molecule has 2 fully saturated rings. The molecule has 3 rings (SSSR count). The molecule has 102 valence electrons. The summed E-state index contributed by atoms with van der Waals surface area (Å²) >= 11 is 11.9. The highest BCUT2D eigenvalue weighted by Crippen LogP contribution is 2.43. The fourth-order valence-corrected chi connectivity index (χ4v) is 3.73. The Morgan fingerprint density at radius 3 is 2.79 bits per heavy atom. The van der Waals surface area contributed by atoms with E-state index in [9.17, 15) is 4.79 Å². The molecule has 2 aliphatic rings. The number of hydrogen-bond donors (Lipinski definition) is 1. The number of carbonyl (C=O) groups is 1. The lowest BCUT2D eigenvalue weighted by Gasteiger charge is -2.39. The van der Waals surface area contributed by atoms with Gasteiger partial charge in [0, 0.05) is 23.1 Å². The standard InChI is InChI=1S/C15H17Cl2NO/c1-15(7-6-10-3-5-13(15)18-10)14(19)9-2-4-11(16)12(17)8-9/h2,4,8,10,13,18H,3,5-7H2,1H3/t10-,13-,15+/m1/s1. The fourth-order valence-electron chi connectivity index (χ4n) is 3.44. The SMILES string of the molecule is C[C@]1(C(=O)c2ccc(Cl)c(Cl)c2)CC[C@H]2CC[C@H]1N2. The van der Waals surface area contributed by atoms with Crippen molar-refractivity contribution in [2.45, 2.75) is 44.7 Å². The number of hydrogen-bond acceptors (Lipinski definition) is 2. The molecule has 1 aromatic rings. The van der Waals surface area contributed by atoms with Gasteiger partial charge in [-0.25, -0.2) is 0 Å². The van der Waals surface area contributed by atoms with Crippen LogP contribution in [0.1, 0.15) is 43.0 Å². The predicted octanol–water partition coefficient (Wildman–Crippen LogP) is 4.10. The second-order valence-electron chi connectivity index (χ2n) is 5.91. The Hall–Kier alpha value is -0.570. The van der Waals surface area contributed by atoms with E-state index in [0.717, 1.165) is 19.3 Å². The summed E-state index contributed by atoms with van der Waals surface area (Å²) in [5.74, 6) is 0.184. The number of halogens is 2. The highest BCUT2D eigenvalue weighted by Gasteiger charge is 2.48. The maximum absolute atomic E-state index is 12.8. The number of rotatable bonds is 2. The molecule has 2 saturated heterocycles. The van der Waals surface area contributed by atoms with E-state index in [0.29, 0.717) is 27.7 Å². The second-order valence-corrected chi connectivity index (χ2v) is 6.72. The van der Waals surface area contributed by atoms with Gasteiger partial charge in [0.15, 0.2) is 5.78 Å². The Morgan fingerprint density at radius 2 is 2.05 bits per heavy atom. The van der Waals surface area contributed by atoms with E-state index in [2.05, 4.69) is 12.2 Å². The molecular formula is C15H17Cl2NO. The molecule has 2 heterocycles. The largest absolute Gasteiger partial charge is 0.310 e. The van der Waals surface area contributed by atoms with Gasteiger partial charge in [-0.15, -0.1) is 0 Å². The fraction of sp³-hybridized carbons (Fsp3) is 0.533.